The molecule has 0 radical (unpaired) electrons. The molecule has 0 spiro atoms. The van der Waals surface area contributed by atoms with Crippen LogP contribution in [0.25, 0.3) is 10.6 Å². The molecule has 0 atom stereocenters. The summed E-state index contributed by atoms with van der Waals surface area (Å²) in [6.45, 7) is 5.40. The van der Waals surface area contributed by atoms with E-state index in [1.807, 2.05) is 35.2 Å². The Morgan fingerprint density at radius 3 is 2.59 bits per heavy atom. The van der Waals surface area contributed by atoms with Gasteiger partial charge >= 0.3 is 0 Å². The molecule has 0 bridgehead atoms. The van der Waals surface area contributed by atoms with Crippen LogP contribution < -0.4 is 10.1 Å². The zero-order chi connectivity index (χ0) is 22.7. The summed E-state index contributed by atoms with van der Waals surface area (Å²) in [7, 11) is 1.59. The molecule has 0 aliphatic carbocycles. The van der Waals surface area contributed by atoms with Crippen LogP contribution in [0.2, 0.25) is 0 Å². The fourth-order valence-electron chi connectivity index (χ4n) is 3.52. The molecule has 8 heteroatoms. The maximum atomic E-state index is 12.1. The Morgan fingerprint density at radius 1 is 1.19 bits per heavy atom. The summed E-state index contributed by atoms with van der Waals surface area (Å²) in [6.07, 6.45) is 1.45. The molecule has 166 valence electrons. The van der Waals surface area contributed by atoms with Crippen LogP contribution in [0.3, 0.4) is 0 Å². The van der Waals surface area contributed by atoms with Crippen molar-refractivity contribution < 1.29 is 14.3 Å². The van der Waals surface area contributed by atoms with Crippen LogP contribution in [-0.4, -0.2) is 40.5 Å². The number of amides is 2. The Bertz CT molecular complexity index is 1120. The molecule has 4 rings (SSSR count). The summed E-state index contributed by atoms with van der Waals surface area (Å²) in [6, 6.07) is 13.0. The molecule has 2 heterocycles. The fourth-order valence-corrected chi connectivity index (χ4v) is 4.37. The van der Waals surface area contributed by atoms with Gasteiger partial charge in [0.15, 0.2) is 0 Å². The summed E-state index contributed by atoms with van der Waals surface area (Å²) < 4.78 is 6.17. The van der Waals surface area contributed by atoms with Gasteiger partial charge in [0, 0.05) is 49.2 Å². The van der Waals surface area contributed by atoms with Gasteiger partial charge in [0.2, 0.25) is 5.91 Å². The van der Waals surface area contributed by atoms with Crippen molar-refractivity contribution in [1.82, 2.24) is 20.4 Å². The summed E-state index contributed by atoms with van der Waals surface area (Å²) in [5.41, 5.74) is 2.34. The Hall–Kier alpha value is -3.26. The van der Waals surface area contributed by atoms with Crippen molar-refractivity contribution in [3.05, 3.63) is 58.6 Å². The highest BCUT2D eigenvalue weighted by molar-refractivity contribution is 7.14. The molecule has 1 aromatic heterocycles. The van der Waals surface area contributed by atoms with E-state index in [0.29, 0.717) is 35.9 Å². The first-order valence-electron chi connectivity index (χ1n) is 10.7. The van der Waals surface area contributed by atoms with Gasteiger partial charge in [-0.25, -0.2) is 0 Å². The highest BCUT2D eigenvalue weighted by atomic mass is 32.1. The third-order valence-corrected chi connectivity index (χ3v) is 6.63. The van der Waals surface area contributed by atoms with Crippen LogP contribution >= 0.6 is 11.3 Å². The lowest BCUT2D eigenvalue weighted by molar-refractivity contribution is -0.128. The topological polar surface area (TPSA) is 84.4 Å². The van der Waals surface area contributed by atoms with Gasteiger partial charge in [0.05, 0.1) is 0 Å². The van der Waals surface area contributed by atoms with E-state index in [0.717, 1.165) is 34.1 Å². The third-order valence-electron chi connectivity index (χ3n) is 5.35. The van der Waals surface area contributed by atoms with Crippen molar-refractivity contribution in [3.63, 3.8) is 0 Å². The van der Waals surface area contributed by atoms with Gasteiger partial charge in [0.1, 0.15) is 21.5 Å². The molecule has 1 aliphatic rings. The smallest absolute Gasteiger partial charge is 0.251 e. The second-order valence-electron chi connectivity index (χ2n) is 8.05. The van der Waals surface area contributed by atoms with Crippen LogP contribution in [0.4, 0.5) is 0 Å². The number of nitrogens with one attached hydrogen (secondary N) is 1. The SMILES string of the molecule is CNC(=O)c1ccc(CN2CCCC2=O)c(Oc2ccc(-c3nnc(C(C)C)s3)cc2)c1. The third kappa shape index (κ3) is 4.80. The summed E-state index contributed by atoms with van der Waals surface area (Å²) >= 11 is 1.59. The molecule has 1 N–H and O–H groups in total. The van der Waals surface area contributed by atoms with E-state index in [2.05, 4.69) is 29.4 Å². The Kier molecular flexibility index (Phi) is 6.50. The number of likely N-dealkylation sites (tertiary alicyclic amines) is 1. The molecule has 3 aromatic rings. The molecule has 2 aromatic carbocycles. The highest BCUT2D eigenvalue weighted by Crippen LogP contribution is 2.32. The average Bonchev–Trinajstić information content (AvgIpc) is 3.44. The highest BCUT2D eigenvalue weighted by Gasteiger charge is 2.22. The maximum absolute atomic E-state index is 12.1. The number of nitrogens with zero attached hydrogens (tertiary/aromatic N) is 3. The van der Waals surface area contributed by atoms with Crippen molar-refractivity contribution in [2.45, 2.75) is 39.2 Å². The lowest BCUT2D eigenvalue weighted by Gasteiger charge is -2.19. The molecule has 32 heavy (non-hydrogen) atoms. The molecule has 2 amide bonds. The number of carbonyl (C=O) groups is 2. The number of ether oxygens (including phenoxy) is 1. The predicted molar refractivity (Wildman–Crippen MR) is 124 cm³/mol. The summed E-state index contributed by atoms with van der Waals surface area (Å²) in [5.74, 6) is 1.51. The van der Waals surface area contributed by atoms with Crippen molar-refractivity contribution in [1.29, 1.82) is 0 Å². The van der Waals surface area contributed by atoms with E-state index < -0.39 is 0 Å². The first kappa shape index (κ1) is 22.0. The number of hydrogen-bond donors (Lipinski definition) is 1. The van der Waals surface area contributed by atoms with Gasteiger partial charge in [-0.3, -0.25) is 9.59 Å². The summed E-state index contributed by atoms with van der Waals surface area (Å²) in [5, 5.41) is 13.1. The van der Waals surface area contributed by atoms with E-state index >= 15 is 0 Å². The lowest BCUT2D eigenvalue weighted by atomic mass is 10.1. The maximum Gasteiger partial charge on any atom is 0.251 e. The van der Waals surface area contributed by atoms with Gasteiger partial charge in [-0.2, -0.15) is 0 Å². The quantitative estimate of drug-likeness (QED) is 0.569. The Balaban J connectivity index is 1.58. The van der Waals surface area contributed by atoms with Crippen LogP contribution in [0.5, 0.6) is 11.5 Å². The van der Waals surface area contributed by atoms with Crippen LogP contribution in [0, 0.1) is 0 Å². The second-order valence-corrected chi connectivity index (χ2v) is 9.06. The predicted octanol–water partition coefficient (Wildman–Crippen LogP) is 4.60. The summed E-state index contributed by atoms with van der Waals surface area (Å²) in [4.78, 5) is 26.1. The molecule has 1 fully saturated rings. The minimum absolute atomic E-state index is 0.147. The fraction of sp³-hybridized carbons (Fsp3) is 0.333. The van der Waals surface area contributed by atoms with E-state index in [1.165, 1.54) is 0 Å². The van der Waals surface area contributed by atoms with Crippen molar-refractivity contribution >= 4 is 23.2 Å². The van der Waals surface area contributed by atoms with E-state index in [9.17, 15) is 9.59 Å². The molecule has 7 nitrogen and oxygen atoms in total. The Morgan fingerprint density at radius 2 is 1.97 bits per heavy atom. The number of hydrogen-bond acceptors (Lipinski definition) is 6. The zero-order valence-electron chi connectivity index (χ0n) is 18.4. The largest absolute Gasteiger partial charge is 0.457 e. The normalized spacial score (nSPS) is 13.6. The van der Waals surface area contributed by atoms with E-state index in [-0.39, 0.29) is 11.8 Å². The molecular formula is C24H26N4O3S. The van der Waals surface area contributed by atoms with Crippen molar-refractivity contribution in [2.24, 2.45) is 0 Å². The standard InChI is InChI=1S/C24H26N4O3S/c1-15(2)23-26-27-24(32-23)16-8-10-19(11-9-16)31-20-13-17(22(30)25-3)6-7-18(20)14-28-12-4-5-21(28)29/h6-11,13,15H,4-5,12,14H2,1-3H3,(H,25,30). The van der Waals surface area contributed by atoms with Crippen LogP contribution in [0.1, 0.15) is 53.5 Å². The molecular weight excluding hydrogens is 424 g/mol. The minimum Gasteiger partial charge on any atom is -0.457 e. The number of carbonyl (C=O) groups excluding carboxylic acids is 2. The average molecular weight is 451 g/mol. The van der Waals surface area contributed by atoms with Crippen LogP contribution in [-0.2, 0) is 11.3 Å². The van der Waals surface area contributed by atoms with Gasteiger partial charge in [-0.05, 0) is 42.8 Å². The van der Waals surface area contributed by atoms with Gasteiger partial charge in [-0.15, -0.1) is 10.2 Å². The Labute approximate surface area is 191 Å². The van der Waals surface area contributed by atoms with Crippen molar-refractivity contribution in [3.8, 4) is 22.1 Å². The zero-order valence-corrected chi connectivity index (χ0v) is 19.2. The molecule has 0 unspecified atom stereocenters. The van der Waals surface area contributed by atoms with Gasteiger partial charge in [0.25, 0.3) is 5.91 Å². The van der Waals surface area contributed by atoms with E-state index in [4.69, 9.17) is 4.74 Å². The molecule has 0 saturated carbocycles. The lowest BCUT2D eigenvalue weighted by Crippen LogP contribution is -2.24. The monoisotopic (exact) mass is 450 g/mol. The van der Waals surface area contributed by atoms with Crippen LogP contribution in [0.15, 0.2) is 42.5 Å². The van der Waals surface area contributed by atoms with Crippen molar-refractivity contribution in [2.75, 3.05) is 13.6 Å². The second kappa shape index (κ2) is 9.48. The minimum atomic E-state index is -0.189. The number of rotatable bonds is 7. The number of aromatic nitrogens is 2. The van der Waals surface area contributed by atoms with Gasteiger partial charge < -0.3 is 15.0 Å². The molecule has 1 saturated heterocycles. The number of benzene rings is 2. The molecule has 1 aliphatic heterocycles. The van der Waals surface area contributed by atoms with E-state index in [1.54, 1.807) is 30.5 Å². The van der Waals surface area contributed by atoms with Gasteiger partial charge in [-0.1, -0.05) is 31.3 Å². The first-order valence-corrected chi connectivity index (χ1v) is 11.5. The first-order chi connectivity index (χ1) is 15.4.